The normalized spacial score (nSPS) is 15.3. The molecule has 0 radical (unpaired) electrons. The van der Waals surface area contributed by atoms with Crippen molar-refractivity contribution in [1.29, 1.82) is 0 Å². The molecule has 1 aliphatic rings. The van der Waals surface area contributed by atoms with Crippen molar-refractivity contribution in [3.63, 3.8) is 0 Å². The second-order valence-electron chi connectivity index (χ2n) is 3.63. The van der Waals surface area contributed by atoms with Crippen molar-refractivity contribution in [3.05, 3.63) is 29.3 Å². The Hall–Kier alpha value is -1.02. The largest absolute Gasteiger partial charge is 0.467 e. The Kier molecular flexibility index (Phi) is 2.23. The number of rotatable bonds is 1. The fourth-order valence-corrected chi connectivity index (χ4v) is 1.44. The lowest BCUT2D eigenvalue weighted by molar-refractivity contribution is -0.0164. The summed E-state index contributed by atoms with van der Waals surface area (Å²) >= 11 is 0. The van der Waals surface area contributed by atoms with Crippen molar-refractivity contribution < 1.29 is 9.47 Å². The highest BCUT2D eigenvalue weighted by molar-refractivity contribution is 5.38. The molecular weight excluding hydrogens is 164 g/mol. The monoisotopic (exact) mass is 178 g/mol. The molecule has 2 rings (SSSR count). The molecule has 0 saturated carbocycles. The van der Waals surface area contributed by atoms with Crippen LogP contribution in [-0.2, 0) is 11.3 Å². The molecule has 0 N–H and O–H groups in total. The maximum atomic E-state index is 5.39. The first-order valence-electron chi connectivity index (χ1n) is 4.61. The van der Waals surface area contributed by atoms with Crippen molar-refractivity contribution in [2.24, 2.45) is 0 Å². The smallest absolute Gasteiger partial charge is 0.189 e. The molecule has 1 aromatic rings. The first-order chi connectivity index (χ1) is 6.27. The molecule has 0 spiro atoms. The van der Waals surface area contributed by atoms with Crippen LogP contribution >= 0.6 is 0 Å². The molecule has 0 atom stereocenters. The molecule has 13 heavy (non-hydrogen) atoms. The van der Waals surface area contributed by atoms with E-state index in [0.29, 0.717) is 19.3 Å². The van der Waals surface area contributed by atoms with Gasteiger partial charge in [-0.15, -0.1) is 0 Å². The zero-order valence-electron chi connectivity index (χ0n) is 8.04. The van der Waals surface area contributed by atoms with E-state index < -0.39 is 0 Å². The number of fused-ring (bicyclic) bond motifs is 1. The van der Waals surface area contributed by atoms with Gasteiger partial charge in [-0.25, -0.2) is 0 Å². The minimum Gasteiger partial charge on any atom is -0.467 e. The molecule has 0 fully saturated rings. The maximum absolute atomic E-state index is 5.39. The Labute approximate surface area is 78.5 Å². The third-order valence-corrected chi connectivity index (χ3v) is 2.31. The van der Waals surface area contributed by atoms with Crippen molar-refractivity contribution in [3.8, 4) is 5.75 Å². The van der Waals surface area contributed by atoms with Gasteiger partial charge in [0.25, 0.3) is 0 Å². The van der Waals surface area contributed by atoms with Crippen molar-refractivity contribution >= 4 is 0 Å². The highest BCUT2D eigenvalue weighted by Crippen LogP contribution is 2.27. The highest BCUT2D eigenvalue weighted by atomic mass is 16.7. The third-order valence-electron chi connectivity index (χ3n) is 2.31. The van der Waals surface area contributed by atoms with Crippen LogP contribution in [0.3, 0.4) is 0 Å². The summed E-state index contributed by atoms with van der Waals surface area (Å²) in [5.74, 6) is 1.54. The fourth-order valence-electron chi connectivity index (χ4n) is 1.44. The summed E-state index contributed by atoms with van der Waals surface area (Å²) in [4.78, 5) is 0. The van der Waals surface area contributed by atoms with E-state index in [4.69, 9.17) is 9.47 Å². The molecule has 1 aromatic carbocycles. The molecule has 0 unspecified atom stereocenters. The van der Waals surface area contributed by atoms with Gasteiger partial charge >= 0.3 is 0 Å². The molecule has 2 nitrogen and oxygen atoms in total. The van der Waals surface area contributed by atoms with E-state index in [1.54, 1.807) is 0 Å². The van der Waals surface area contributed by atoms with Gasteiger partial charge in [-0.1, -0.05) is 26.0 Å². The second kappa shape index (κ2) is 3.38. The van der Waals surface area contributed by atoms with Crippen LogP contribution in [0, 0.1) is 0 Å². The van der Waals surface area contributed by atoms with Crippen LogP contribution in [0.15, 0.2) is 18.2 Å². The summed E-state index contributed by atoms with van der Waals surface area (Å²) in [7, 11) is 0. The standard InChI is InChI=1S/C11H14O2/c1-8(2)9-3-4-10-6-12-7-13-11(10)5-9/h3-5,8H,6-7H2,1-2H3. The summed E-state index contributed by atoms with van der Waals surface area (Å²) in [5, 5.41) is 0. The molecule has 1 aliphatic heterocycles. The van der Waals surface area contributed by atoms with Gasteiger partial charge in [0.1, 0.15) is 5.75 Å². The molecule has 0 saturated heterocycles. The molecule has 0 amide bonds. The Morgan fingerprint density at radius 1 is 1.31 bits per heavy atom. The molecular formula is C11H14O2. The number of hydrogen-bond acceptors (Lipinski definition) is 2. The summed E-state index contributed by atoms with van der Waals surface area (Å²) < 4.78 is 10.6. The van der Waals surface area contributed by atoms with Crippen LogP contribution < -0.4 is 4.74 Å². The van der Waals surface area contributed by atoms with E-state index in [-0.39, 0.29) is 0 Å². The van der Waals surface area contributed by atoms with Crippen LogP contribution in [0.1, 0.15) is 30.9 Å². The van der Waals surface area contributed by atoms with Gasteiger partial charge < -0.3 is 9.47 Å². The van der Waals surface area contributed by atoms with Crippen LogP contribution in [0.2, 0.25) is 0 Å². The minimum absolute atomic E-state index is 0.383. The van der Waals surface area contributed by atoms with Crippen molar-refractivity contribution in [2.45, 2.75) is 26.4 Å². The van der Waals surface area contributed by atoms with Crippen LogP contribution in [0.4, 0.5) is 0 Å². The number of hydrogen-bond donors (Lipinski definition) is 0. The summed E-state index contributed by atoms with van der Waals surface area (Å²) in [6, 6.07) is 6.34. The number of ether oxygens (including phenoxy) is 2. The molecule has 70 valence electrons. The average Bonchev–Trinajstić information content (AvgIpc) is 2.17. The molecule has 0 aromatic heterocycles. The zero-order valence-corrected chi connectivity index (χ0v) is 8.04. The summed E-state index contributed by atoms with van der Waals surface area (Å²) in [5.41, 5.74) is 2.47. The Balaban J connectivity index is 2.35. The van der Waals surface area contributed by atoms with E-state index in [0.717, 1.165) is 11.3 Å². The first kappa shape index (κ1) is 8.57. The van der Waals surface area contributed by atoms with E-state index >= 15 is 0 Å². The molecule has 0 aliphatic carbocycles. The summed E-state index contributed by atoms with van der Waals surface area (Å²) in [6.45, 7) is 5.42. The van der Waals surface area contributed by atoms with Gasteiger partial charge in [-0.3, -0.25) is 0 Å². The predicted octanol–water partition coefficient (Wildman–Crippen LogP) is 2.68. The Morgan fingerprint density at radius 2 is 2.15 bits per heavy atom. The van der Waals surface area contributed by atoms with Crippen LogP contribution in [0.5, 0.6) is 5.75 Å². The van der Waals surface area contributed by atoms with Crippen molar-refractivity contribution in [1.82, 2.24) is 0 Å². The molecule has 1 heterocycles. The number of benzene rings is 1. The lowest BCUT2D eigenvalue weighted by atomic mass is 10.0. The lowest BCUT2D eigenvalue weighted by Gasteiger charge is -2.19. The maximum Gasteiger partial charge on any atom is 0.189 e. The quantitative estimate of drug-likeness (QED) is 0.658. The zero-order chi connectivity index (χ0) is 9.26. The van der Waals surface area contributed by atoms with E-state index in [2.05, 4.69) is 32.0 Å². The molecule has 0 bridgehead atoms. The Morgan fingerprint density at radius 3 is 2.92 bits per heavy atom. The van der Waals surface area contributed by atoms with Crippen LogP contribution in [0.25, 0.3) is 0 Å². The van der Waals surface area contributed by atoms with Gasteiger partial charge in [-0.05, 0) is 17.5 Å². The van der Waals surface area contributed by atoms with Crippen LogP contribution in [-0.4, -0.2) is 6.79 Å². The fraction of sp³-hybridized carbons (Fsp3) is 0.455. The summed E-state index contributed by atoms with van der Waals surface area (Å²) in [6.07, 6.45) is 0. The third kappa shape index (κ3) is 1.68. The van der Waals surface area contributed by atoms with Gasteiger partial charge in [-0.2, -0.15) is 0 Å². The van der Waals surface area contributed by atoms with Crippen molar-refractivity contribution in [2.75, 3.05) is 6.79 Å². The topological polar surface area (TPSA) is 18.5 Å². The second-order valence-corrected chi connectivity index (χ2v) is 3.63. The lowest BCUT2D eigenvalue weighted by Crippen LogP contribution is -2.11. The van der Waals surface area contributed by atoms with Gasteiger partial charge in [0.05, 0.1) is 6.61 Å². The SMILES string of the molecule is CC(C)c1ccc2c(c1)OCOC2. The van der Waals surface area contributed by atoms with E-state index in [1.807, 2.05) is 0 Å². The average molecular weight is 178 g/mol. The Bertz CT molecular complexity index is 305. The van der Waals surface area contributed by atoms with Gasteiger partial charge in [0.15, 0.2) is 6.79 Å². The predicted molar refractivity (Wildman–Crippen MR) is 50.8 cm³/mol. The first-order valence-corrected chi connectivity index (χ1v) is 4.61. The molecule has 2 heteroatoms. The minimum atomic E-state index is 0.383. The van der Waals surface area contributed by atoms with Gasteiger partial charge in [0, 0.05) is 5.56 Å². The highest BCUT2D eigenvalue weighted by Gasteiger charge is 2.11. The van der Waals surface area contributed by atoms with Gasteiger partial charge in [0.2, 0.25) is 0 Å². The van der Waals surface area contributed by atoms with E-state index in [9.17, 15) is 0 Å². The van der Waals surface area contributed by atoms with E-state index in [1.165, 1.54) is 5.56 Å².